The molecule has 0 fully saturated rings. The van der Waals surface area contributed by atoms with Crippen molar-refractivity contribution in [3.63, 3.8) is 0 Å². The highest BCUT2D eigenvalue weighted by atomic mass is 35.5. The quantitative estimate of drug-likeness (QED) is 0.221. The summed E-state index contributed by atoms with van der Waals surface area (Å²) in [6.07, 6.45) is 0. The molecule has 1 aromatic heterocycles. The molecule has 0 aliphatic carbocycles. The normalized spacial score (nSPS) is 10.9. The van der Waals surface area contributed by atoms with Gasteiger partial charge < -0.3 is 10.6 Å². The Bertz CT molecular complexity index is 1430. The molecule has 0 bridgehead atoms. The first-order chi connectivity index (χ1) is 17.6. The number of halogens is 2. The highest BCUT2D eigenvalue weighted by Gasteiger charge is 2.22. The molecule has 0 saturated heterocycles. The van der Waals surface area contributed by atoms with E-state index >= 15 is 0 Å². The fourth-order valence-corrected chi connectivity index (χ4v) is 4.97. The Morgan fingerprint density at radius 1 is 0.806 bits per heavy atom. The first kappa shape index (κ1) is 24.1. The van der Waals surface area contributed by atoms with Gasteiger partial charge in [0, 0.05) is 21.7 Å². The van der Waals surface area contributed by atoms with Crippen LogP contribution in [0.4, 0.5) is 16.5 Å². The number of anilines is 3. The summed E-state index contributed by atoms with van der Waals surface area (Å²) >= 11 is 13.8. The average Bonchev–Trinajstić information content (AvgIpc) is 3.37. The van der Waals surface area contributed by atoms with E-state index in [0.29, 0.717) is 20.9 Å². The molecule has 36 heavy (non-hydrogen) atoms. The second-order valence-electron chi connectivity index (χ2n) is 8.11. The minimum absolute atomic E-state index is 0.0845. The van der Waals surface area contributed by atoms with Crippen LogP contribution in [0.5, 0.6) is 0 Å². The van der Waals surface area contributed by atoms with Gasteiger partial charge in [0.25, 0.3) is 0 Å². The molecule has 0 aliphatic rings. The summed E-state index contributed by atoms with van der Waals surface area (Å²) in [5.74, 6) is -0.490. The van der Waals surface area contributed by atoms with Crippen LogP contribution in [0, 0.1) is 0 Å². The van der Waals surface area contributed by atoms with E-state index < -0.39 is 5.92 Å². The third-order valence-corrected chi connectivity index (χ3v) is 6.97. The second-order valence-corrected chi connectivity index (χ2v) is 9.81. The number of hydrogen-bond donors (Lipinski definition) is 2. The zero-order valence-electron chi connectivity index (χ0n) is 19.0. The lowest BCUT2D eigenvalue weighted by molar-refractivity contribution is -0.116. The van der Waals surface area contributed by atoms with Crippen LogP contribution < -0.4 is 10.6 Å². The maximum absolute atomic E-state index is 13.3. The molecule has 0 spiro atoms. The first-order valence-electron chi connectivity index (χ1n) is 11.3. The van der Waals surface area contributed by atoms with Gasteiger partial charge in [0.05, 0.1) is 22.3 Å². The van der Waals surface area contributed by atoms with Crippen LogP contribution in [-0.4, -0.2) is 10.9 Å². The lowest BCUT2D eigenvalue weighted by Gasteiger charge is -2.18. The minimum atomic E-state index is -0.405. The number of nitrogens with one attached hydrogen (secondary N) is 2. The predicted molar refractivity (Wildman–Crippen MR) is 151 cm³/mol. The predicted octanol–water partition coefficient (Wildman–Crippen LogP) is 8.63. The number of thiazole rings is 1. The van der Waals surface area contributed by atoms with E-state index in [9.17, 15) is 4.79 Å². The van der Waals surface area contributed by atoms with Crippen molar-refractivity contribution in [1.29, 1.82) is 0 Å². The molecule has 1 amide bonds. The third-order valence-electron chi connectivity index (χ3n) is 5.65. The molecule has 0 saturated carbocycles. The Balaban J connectivity index is 1.31. The Morgan fingerprint density at radius 2 is 1.44 bits per heavy atom. The van der Waals surface area contributed by atoms with Gasteiger partial charge >= 0.3 is 0 Å². The number of rotatable bonds is 7. The second kappa shape index (κ2) is 11.0. The standard InChI is InChI=1S/C29H21Cl2N3OS/c30-22-13-16-24(31)25(17-22)33-29-34-26(18-36-29)19-11-14-23(15-12-19)32-28(35)27(20-7-3-1-4-8-20)21-9-5-2-6-10-21/h1-18,27H,(H,32,35)(H,33,34). The number of carbonyl (C=O) groups excluding carboxylic acids is 1. The van der Waals surface area contributed by atoms with Crippen LogP contribution in [0.1, 0.15) is 17.0 Å². The summed E-state index contributed by atoms with van der Waals surface area (Å²) in [6.45, 7) is 0. The van der Waals surface area contributed by atoms with E-state index in [0.717, 1.165) is 28.1 Å². The maximum atomic E-state index is 13.3. The molecule has 178 valence electrons. The molecular formula is C29H21Cl2N3OS. The van der Waals surface area contributed by atoms with Crippen LogP contribution in [0.2, 0.25) is 10.0 Å². The van der Waals surface area contributed by atoms with Gasteiger partial charge in [0.2, 0.25) is 5.91 Å². The Labute approximate surface area is 223 Å². The van der Waals surface area contributed by atoms with Crippen molar-refractivity contribution >= 4 is 57.0 Å². The van der Waals surface area contributed by atoms with Gasteiger partial charge in [0.1, 0.15) is 0 Å². The molecule has 0 aliphatic heterocycles. The monoisotopic (exact) mass is 529 g/mol. The van der Waals surface area contributed by atoms with Crippen LogP contribution in [0.15, 0.2) is 109 Å². The molecule has 0 atom stereocenters. The number of carbonyl (C=O) groups is 1. The van der Waals surface area contributed by atoms with Crippen molar-refractivity contribution in [2.24, 2.45) is 0 Å². The summed E-state index contributed by atoms with van der Waals surface area (Å²) in [6, 6.07) is 32.5. The molecule has 7 heteroatoms. The van der Waals surface area contributed by atoms with Crippen molar-refractivity contribution in [1.82, 2.24) is 4.98 Å². The highest BCUT2D eigenvalue weighted by molar-refractivity contribution is 7.14. The van der Waals surface area contributed by atoms with Crippen molar-refractivity contribution in [3.8, 4) is 11.3 Å². The number of hydrogen-bond acceptors (Lipinski definition) is 4. The lowest BCUT2D eigenvalue weighted by Crippen LogP contribution is -2.22. The van der Waals surface area contributed by atoms with Gasteiger partial charge in [-0.2, -0.15) is 0 Å². The Morgan fingerprint density at radius 3 is 2.08 bits per heavy atom. The zero-order valence-corrected chi connectivity index (χ0v) is 21.3. The zero-order chi connectivity index (χ0) is 24.9. The van der Waals surface area contributed by atoms with E-state index in [1.165, 1.54) is 11.3 Å². The Kier molecular flexibility index (Phi) is 7.33. The van der Waals surface area contributed by atoms with E-state index in [2.05, 4.69) is 15.6 Å². The van der Waals surface area contributed by atoms with Gasteiger partial charge in [-0.1, -0.05) is 96.0 Å². The largest absolute Gasteiger partial charge is 0.330 e. The SMILES string of the molecule is O=C(Nc1ccc(-c2csc(Nc3cc(Cl)ccc3Cl)n2)cc1)C(c1ccccc1)c1ccccc1. The van der Waals surface area contributed by atoms with Gasteiger partial charge in [-0.3, -0.25) is 4.79 Å². The van der Waals surface area contributed by atoms with Crippen LogP contribution in [0.25, 0.3) is 11.3 Å². The van der Waals surface area contributed by atoms with Gasteiger partial charge in [0.15, 0.2) is 5.13 Å². The average molecular weight is 530 g/mol. The van der Waals surface area contributed by atoms with Crippen molar-refractivity contribution in [2.45, 2.75) is 5.92 Å². The van der Waals surface area contributed by atoms with E-state index in [1.807, 2.05) is 90.3 Å². The first-order valence-corrected chi connectivity index (χ1v) is 12.9. The topological polar surface area (TPSA) is 54.0 Å². The van der Waals surface area contributed by atoms with Gasteiger partial charge in [-0.25, -0.2) is 4.98 Å². The summed E-state index contributed by atoms with van der Waals surface area (Å²) in [4.78, 5) is 18.0. The van der Waals surface area contributed by atoms with Crippen LogP contribution in [0.3, 0.4) is 0 Å². The van der Waals surface area contributed by atoms with Crippen LogP contribution in [-0.2, 0) is 4.79 Å². The smallest absolute Gasteiger partial charge is 0.236 e. The lowest BCUT2D eigenvalue weighted by atomic mass is 9.90. The van der Waals surface area contributed by atoms with Gasteiger partial charge in [-0.05, 0) is 41.5 Å². The van der Waals surface area contributed by atoms with Crippen molar-refractivity contribution in [2.75, 3.05) is 10.6 Å². The molecule has 0 radical (unpaired) electrons. The van der Waals surface area contributed by atoms with Crippen molar-refractivity contribution in [3.05, 3.63) is 130 Å². The fourth-order valence-electron chi connectivity index (χ4n) is 3.90. The fraction of sp³-hybridized carbons (Fsp3) is 0.0345. The third kappa shape index (κ3) is 5.60. The molecular weight excluding hydrogens is 509 g/mol. The van der Waals surface area contributed by atoms with Crippen LogP contribution >= 0.6 is 34.5 Å². The number of aromatic nitrogens is 1. The number of amides is 1. The van der Waals surface area contributed by atoms with E-state index in [1.54, 1.807) is 18.2 Å². The molecule has 5 rings (SSSR count). The van der Waals surface area contributed by atoms with E-state index in [4.69, 9.17) is 23.2 Å². The summed E-state index contributed by atoms with van der Waals surface area (Å²) in [5.41, 5.74) is 5.08. The van der Waals surface area contributed by atoms with Crippen molar-refractivity contribution < 1.29 is 4.79 Å². The Hall–Kier alpha value is -3.64. The molecule has 5 aromatic rings. The molecule has 0 unspecified atom stereocenters. The minimum Gasteiger partial charge on any atom is -0.330 e. The molecule has 4 aromatic carbocycles. The maximum Gasteiger partial charge on any atom is 0.236 e. The van der Waals surface area contributed by atoms with Gasteiger partial charge in [-0.15, -0.1) is 11.3 Å². The summed E-state index contributed by atoms with van der Waals surface area (Å²) in [5, 5.41) is 10.1. The molecule has 1 heterocycles. The summed E-state index contributed by atoms with van der Waals surface area (Å²) < 4.78 is 0. The van der Waals surface area contributed by atoms with E-state index in [-0.39, 0.29) is 5.91 Å². The number of benzene rings is 4. The highest BCUT2D eigenvalue weighted by Crippen LogP contribution is 2.32. The molecule has 4 nitrogen and oxygen atoms in total. The number of nitrogens with zero attached hydrogens (tertiary/aromatic N) is 1. The molecule has 2 N–H and O–H groups in total. The summed E-state index contributed by atoms with van der Waals surface area (Å²) in [7, 11) is 0.